The van der Waals surface area contributed by atoms with E-state index in [4.69, 9.17) is 22.7 Å². The molecule has 20 heavy (non-hydrogen) atoms. The normalized spacial score (nSPS) is 13.3. The molecule has 0 aromatic heterocycles. The molecule has 0 aliphatic heterocycles. The number of nitrogens with two attached hydrogens (primary N) is 1. The Morgan fingerprint density at radius 2 is 2.00 bits per heavy atom. The van der Waals surface area contributed by atoms with Crippen LogP contribution in [-0.2, 0) is 9.53 Å². The van der Waals surface area contributed by atoms with Crippen molar-refractivity contribution in [2.45, 2.75) is 25.6 Å². The van der Waals surface area contributed by atoms with Crippen LogP contribution in [0.25, 0.3) is 0 Å². The van der Waals surface area contributed by atoms with Crippen LogP contribution in [0.4, 0.5) is 5.69 Å². The number of hydrogen-bond donors (Lipinski definition) is 4. The molecule has 0 fully saturated rings. The zero-order valence-electron chi connectivity index (χ0n) is 11.1. The number of aliphatic hydroxyl groups excluding tert-OH is 2. The van der Waals surface area contributed by atoms with Gasteiger partial charge in [-0.05, 0) is 36.8 Å². The fourth-order valence-corrected chi connectivity index (χ4v) is 1.75. The SMILES string of the molecule is CCOC(=O)CC(O)C(O)c1ccc(NC(N)=S)cc1. The first-order valence-electron chi connectivity index (χ1n) is 6.12. The third-order valence-electron chi connectivity index (χ3n) is 2.57. The monoisotopic (exact) mass is 298 g/mol. The van der Waals surface area contributed by atoms with Gasteiger partial charge >= 0.3 is 5.97 Å². The average Bonchev–Trinajstić information content (AvgIpc) is 2.38. The lowest BCUT2D eigenvalue weighted by Gasteiger charge is -2.17. The molecule has 0 aliphatic rings. The van der Waals surface area contributed by atoms with Crippen molar-refractivity contribution in [1.82, 2.24) is 0 Å². The summed E-state index contributed by atoms with van der Waals surface area (Å²) in [6.07, 6.45) is -2.65. The van der Waals surface area contributed by atoms with Crippen molar-refractivity contribution in [3.05, 3.63) is 29.8 Å². The number of nitrogens with one attached hydrogen (secondary N) is 1. The average molecular weight is 298 g/mol. The summed E-state index contributed by atoms with van der Waals surface area (Å²) >= 11 is 4.70. The summed E-state index contributed by atoms with van der Waals surface area (Å²) in [7, 11) is 0. The maximum Gasteiger partial charge on any atom is 0.308 e. The summed E-state index contributed by atoms with van der Waals surface area (Å²) < 4.78 is 4.71. The van der Waals surface area contributed by atoms with Crippen LogP contribution in [0.15, 0.2) is 24.3 Å². The Morgan fingerprint density at radius 1 is 1.40 bits per heavy atom. The second-order valence-corrected chi connectivity index (χ2v) is 4.57. The molecule has 0 heterocycles. The molecule has 5 N–H and O–H groups in total. The van der Waals surface area contributed by atoms with E-state index in [1.165, 1.54) is 0 Å². The maximum atomic E-state index is 11.2. The molecule has 0 spiro atoms. The number of carbonyl (C=O) groups excluding carboxylic acids is 1. The molecule has 2 unspecified atom stereocenters. The summed E-state index contributed by atoms with van der Waals surface area (Å²) in [6, 6.07) is 6.54. The highest BCUT2D eigenvalue weighted by Crippen LogP contribution is 2.21. The van der Waals surface area contributed by atoms with Crippen LogP contribution in [0, 0.1) is 0 Å². The van der Waals surface area contributed by atoms with E-state index in [0.717, 1.165) is 0 Å². The molecule has 0 amide bonds. The lowest BCUT2D eigenvalue weighted by atomic mass is 10.0. The van der Waals surface area contributed by atoms with Crippen LogP contribution in [0.5, 0.6) is 0 Å². The van der Waals surface area contributed by atoms with Crippen LogP contribution in [0.3, 0.4) is 0 Å². The molecule has 1 aromatic carbocycles. The van der Waals surface area contributed by atoms with E-state index in [0.29, 0.717) is 11.3 Å². The standard InChI is InChI=1S/C13H18N2O4S/c1-2-19-11(17)7-10(16)12(18)8-3-5-9(6-4-8)15-13(14)20/h3-6,10,12,16,18H,2,7H2,1H3,(H3,14,15,20). The van der Waals surface area contributed by atoms with Gasteiger partial charge in [-0.3, -0.25) is 4.79 Å². The van der Waals surface area contributed by atoms with Gasteiger partial charge in [-0.25, -0.2) is 0 Å². The Kier molecular flexibility index (Phi) is 6.37. The Balaban J connectivity index is 2.64. The Morgan fingerprint density at radius 3 is 2.50 bits per heavy atom. The summed E-state index contributed by atoms with van der Waals surface area (Å²) in [6.45, 7) is 1.91. The van der Waals surface area contributed by atoms with Gasteiger partial charge in [0.25, 0.3) is 0 Å². The van der Waals surface area contributed by atoms with Crippen molar-refractivity contribution in [3.63, 3.8) is 0 Å². The van der Waals surface area contributed by atoms with Crippen LogP contribution in [0.2, 0.25) is 0 Å². The quantitative estimate of drug-likeness (QED) is 0.452. The fraction of sp³-hybridized carbons (Fsp3) is 0.385. The van der Waals surface area contributed by atoms with Gasteiger partial charge in [-0.2, -0.15) is 0 Å². The predicted octanol–water partition coefficient (Wildman–Crippen LogP) is 0.690. The Bertz CT molecular complexity index is 464. The van der Waals surface area contributed by atoms with Crippen LogP contribution in [-0.4, -0.2) is 34.0 Å². The first-order valence-corrected chi connectivity index (χ1v) is 6.53. The summed E-state index contributed by atoms with van der Waals surface area (Å²) in [5.41, 5.74) is 6.49. The topological polar surface area (TPSA) is 105 Å². The Hall–Kier alpha value is -1.70. The predicted molar refractivity (Wildman–Crippen MR) is 79.1 cm³/mol. The minimum absolute atomic E-state index is 0.139. The number of hydrogen-bond acceptors (Lipinski definition) is 5. The van der Waals surface area contributed by atoms with Crippen LogP contribution in [0.1, 0.15) is 25.0 Å². The molecular formula is C13H18N2O4S. The van der Waals surface area contributed by atoms with Gasteiger partial charge in [0.2, 0.25) is 0 Å². The zero-order valence-corrected chi connectivity index (χ0v) is 11.9. The highest BCUT2D eigenvalue weighted by atomic mass is 32.1. The molecule has 2 atom stereocenters. The van der Waals surface area contributed by atoms with Gasteiger partial charge in [-0.15, -0.1) is 0 Å². The summed E-state index contributed by atoms with van der Waals surface area (Å²) in [5.74, 6) is -0.550. The molecular weight excluding hydrogens is 280 g/mol. The van der Waals surface area contributed by atoms with Crippen molar-refractivity contribution in [2.24, 2.45) is 5.73 Å². The third-order valence-corrected chi connectivity index (χ3v) is 2.67. The number of esters is 1. The molecule has 0 saturated heterocycles. The molecule has 0 bridgehead atoms. The van der Waals surface area contributed by atoms with Gasteiger partial charge in [0.1, 0.15) is 6.10 Å². The number of ether oxygens (including phenoxy) is 1. The highest BCUT2D eigenvalue weighted by molar-refractivity contribution is 7.80. The van der Waals surface area contributed by atoms with E-state index in [1.807, 2.05) is 0 Å². The molecule has 1 aromatic rings. The molecule has 1 rings (SSSR count). The van der Waals surface area contributed by atoms with Crippen LogP contribution < -0.4 is 11.1 Å². The van der Waals surface area contributed by atoms with E-state index in [9.17, 15) is 15.0 Å². The maximum absolute atomic E-state index is 11.2. The number of benzene rings is 1. The summed E-state index contributed by atoms with van der Waals surface area (Å²) in [5, 5.41) is 22.6. The zero-order chi connectivity index (χ0) is 15.1. The largest absolute Gasteiger partial charge is 0.466 e. The summed E-state index contributed by atoms with van der Waals surface area (Å²) in [4.78, 5) is 11.2. The smallest absolute Gasteiger partial charge is 0.308 e. The van der Waals surface area contributed by atoms with Crippen molar-refractivity contribution in [1.29, 1.82) is 0 Å². The van der Waals surface area contributed by atoms with Crippen LogP contribution >= 0.6 is 12.2 Å². The van der Waals surface area contributed by atoms with E-state index in [1.54, 1.807) is 31.2 Å². The van der Waals surface area contributed by atoms with Crippen molar-refractivity contribution >= 4 is 29.0 Å². The number of anilines is 1. The van der Waals surface area contributed by atoms with Crippen molar-refractivity contribution < 1.29 is 19.7 Å². The fourth-order valence-electron chi connectivity index (χ4n) is 1.63. The first-order chi connectivity index (χ1) is 9.43. The van der Waals surface area contributed by atoms with Gasteiger partial charge in [-0.1, -0.05) is 12.1 Å². The van der Waals surface area contributed by atoms with Gasteiger partial charge in [0.05, 0.1) is 19.1 Å². The molecule has 110 valence electrons. The third kappa shape index (κ3) is 5.12. The highest BCUT2D eigenvalue weighted by Gasteiger charge is 2.21. The van der Waals surface area contributed by atoms with Gasteiger partial charge in [0, 0.05) is 5.69 Å². The van der Waals surface area contributed by atoms with E-state index in [2.05, 4.69) is 5.32 Å². The van der Waals surface area contributed by atoms with Crippen molar-refractivity contribution in [2.75, 3.05) is 11.9 Å². The van der Waals surface area contributed by atoms with Gasteiger partial charge < -0.3 is 26.0 Å². The van der Waals surface area contributed by atoms with E-state index < -0.39 is 18.2 Å². The van der Waals surface area contributed by atoms with E-state index in [-0.39, 0.29) is 18.1 Å². The minimum atomic E-state index is -1.22. The molecule has 7 heteroatoms. The molecule has 0 aliphatic carbocycles. The molecule has 0 radical (unpaired) electrons. The van der Waals surface area contributed by atoms with E-state index >= 15 is 0 Å². The second-order valence-electron chi connectivity index (χ2n) is 4.13. The second kappa shape index (κ2) is 7.78. The number of rotatable bonds is 6. The number of thiocarbonyl (C=S) groups is 1. The number of aliphatic hydroxyl groups is 2. The lowest BCUT2D eigenvalue weighted by Crippen LogP contribution is -2.23. The van der Waals surface area contributed by atoms with Crippen molar-refractivity contribution in [3.8, 4) is 0 Å². The minimum Gasteiger partial charge on any atom is -0.466 e. The molecule has 0 saturated carbocycles. The first kappa shape index (κ1) is 16.4. The molecule has 6 nitrogen and oxygen atoms in total. The Labute approximate surface area is 122 Å². The lowest BCUT2D eigenvalue weighted by molar-refractivity contribution is -0.147. The number of carbonyl (C=O) groups is 1. The van der Waals surface area contributed by atoms with Gasteiger partial charge in [0.15, 0.2) is 5.11 Å².